The van der Waals surface area contributed by atoms with Gasteiger partial charge in [-0.15, -0.1) is 0 Å². The van der Waals surface area contributed by atoms with E-state index in [9.17, 15) is 4.79 Å². The van der Waals surface area contributed by atoms with E-state index in [-0.39, 0.29) is 0 Å². The van der Waals surface area contributed by atoms with Gasteiger partial charge in [0.25, 0.3) is 0 Å². The smallest absolute Gasteiger partial charge is 0.147 e. The number of hydrogen-bond donors (Lipinski definition) is 1. The standard InChI is InChI=1S/C20H29BrN2O/c1-3-4-8-19(23-20(15-24)11-6-5-7-12-20)22-14-17-9-10-18(21)16(2)13-17/h9-10,13,15H,3-8,11-12,14H2,1-2H3,(H,22,23). The van der Waals surface area contributed by atoms with Gasteiger partial charge in [0, 0.05) is 17.4 Å². The minimum absolute atomic E-state index is 0.482. The Morgan fingerprint density at radius 1 is 1.33 bits per heavy atom. The summed E-state index contributed by atoms with van der Waals surface area (Å²) in [4.78, 5) is 16.6. The Kier molecular flexibility index (Phi) is 7.47. The van der Waals surface area contributed by atoms with Gasteiger partial charge in [-0.3, -0.25) is 4.99 Å². The molecule has 0 unspecified atom stereocenters. The van der Waals surface area contributed by atoms with E-state index in [0.29, 0.717) is 0 Å². The molecule has 1 aromatic rings. The van der Waals surface area contributed by atoms with Crippen molar-refractivity contribution < 1.29 is 4.79 Å². The molecule has 0 bridgehead atoms. The van der Waals surface area contributed by atoms with Gasteiger partial charge in [-0.25, -0.2) is 0 Å². The molecule has 1 aliphatic carbocycles. The van der Waals surface area contributed by atoms with Gasteiger partial charge in [-0.05, 0) is 43.4 Å². The summed E-state index contributed by atoms with van der Waals surface area (Å²) < 4.78 is 1.13. The zero-order chi connectivity index (χ0) is 17.4. The molecular formula is C20H29BrN2O. The maximum Gasteiger partial charge on any atom is 0.147 e. The Morgan fingerprint density at radius 3 is 2.71 bits per heavy atom. The zero-order valence-electron chi connectivity index (χ0n) is 14.9. The van der Waals surface area contributed by atoms with Gasteiger partial charge < -0.3 is 10.1 Å². The lowest BCUT2D eigenvalue weighted by Gasteiger charge is -2.29. The monoisotopic (exact) mass is 392 g/mol. The molecule has 0 amide bonds. The van der Waals surface area contributed by atoms with Crippen LogP contribution >= 0.6 is 15.9 Å². The molecule has 4 heteroatoms. The second-order valence-electron chi connectivity index (χ2n) is 6.88. The van der Waals surface area contributed by atoms with Crippen LogP contribution in [0, 0.1) is 6.92 Å². The van der Waals surface area contributed by atoms with Crippen LogP contribution < -0.4 is 5.32 Å². The van der Waals surface area contributed by atoms with Crippen LogP contribution in [0.3, 0.4) is 0 Å². The number of nitrogens with one attached hydrogen (secondary N) is 1. The lowest BCUT2D eigenvalue weighted by Crippen LogP contribution is -2.35. The number of halogens is 1. The normalized spacial score (nSPS) is 17.5. The molecule has 1 aromatic carbocycles. The quantitative estimate of drug-likeness (QED) is 0.386. The number of nitrogens with zero attached hydrogens (tertiary/aromatic N) is 1. The van der Waals surface area contributed by atoms with Crippen LogP contribution in [0.2, 0.25) is 0 Å². The summed E-state index contributed by atoms with van der Waals surface area (Å²) in [6, 6.07) is 6.39. The molecule has 24 heavy (non-hydrogen) atoms. The van der Waals surface area contributed by atoms with Gasteiger partial charge in [0.15, 0.2) is 0 Å². The fourth-order valence-corrected chi connectivity index (χ4v) is 3.48. The summed E-state index contributed by atoms with van der Waals surface area (Å²) in [7, 11) is 0. The van der Waals surface area contributed by atoms with Crippen LogP contribution in [0.5, 0.6) is 0 Å². The van der Waals surface area contributed by atoms with Gasteiger partial charge in [0.1, 0.15) is 11.8 Å². The molecule has 0 saturated heterocycles. The fourth-order valence-electron chi connectivity index (χ4n) is 3.24. The molecular weight excluding hydrogens is 364 g/mol. The molecule has 1 aliphatic rings. The van der Waals surface area contributed by atoms with Crippen molar-refractivity contribution in [3.63, 3.8) is 0 Å². The van der Waals surface area contributed by atoms with Gasteiger partial charge >= 0.3 is 0 Å². The molecule has 0 atom stereocenters. The zero-order valence-corrected chi connectivity index (χ0v) is 16.5. The largest absolute Gasteiger partial charge is 0.370 e. The third-order valence-electron chi connectivity index (χ3n) is 4.78. The number of unbranched alkanes of at least 4 members (excludes halogenated alkanes) is 1. The molecule has 1 fully saturated rings. The molecule has 2 rings (SSSR count). The number of carbonyl (C=O) groups excluding carboxylic acids is 1. The second-order valence-corrected chi connectivity index (χ2v) is 7.74. The lowest BCUT2D eigenvalue weighted by molar-refractivity contribution is -0.113. The van der Waals surface area contributed by atoms with Crippen molar-refractivity contribution in [2.24, 2.45) is 4.99 Å². The highest BCUT2D eigenvalue weighted by atomic mass is 79.9. The van der Waals surface area contributed by atoms with Crippen molar-refractivity contribution in [1.82, 2.24) is 5.32 Å². The van der Waals surface area contributed by atoms with E-state index in [1.54, 1.807) is 0 Å². The summed E-state index contributed by atoms with van der Waals surface area (Å²) in [6.07, 6.45) is 9.46. The van der Waals surface area contributed by atoms with Crippen LogP contribution in [0.1, 0.15) is 69.4 Å². The third kappa shape index (κ3) is 5.44. The van der Waals surface area contributed by atoms with E-state index in [0.717, 1.165) is 68.1 Å². The fraction of sp³-hybridized carbons (Fsp3) is 0.600. The highest BCUT2D eigenvalue weighted by Crippen LogP contribution is 2.30. The number of amidine groups is 1. The minimum Gasteiger partial charge on any atom is -0.370 e. The van der Waals surface area contributed by atoms with Crippen molar-refractivity contribution in [3.8, 4) is 0 Å². The first-order valence-corrected chi connectivity index (χ1v) is 9.92. The van der Waals surface area contributed by atoms with Crippen LogP contribution in [-0.2, 0) is 11.3 Å². The average molecular weight is 393 g/mol. The van der Waals surface area contributed by atoms with Gasteiger partial charge in [0.2, 0.25) is 0 Å². The Morgan fingerprint density at radius 2 is 2.08 bits per heavy atom. The Balaban J connectivity index is 2.10. The first kappa shape index (κ1) is 19.2. The van der Waals surface area contributed by atoms with E-state index in [1.165, 1.54) is 17.5 Å². The van der Waals surface area contributed by atoms with E-state index < -0.39 is 5.54 Å². The van der Waals surface area contributed by atoms with Crippen molar-refractivity contribution >= 4 is 28.1 Å². The number of carbonyl (C=O) groups is 1. The Bertz CT molecular complexity index is 577. The van der Waals surface area contributed by atoms with Crippen molar-refractivity contribution in [2.45, 2.75) is 77.3 Å². The van der Waals surface area contributed by atoms with Crippen LogP contribution in [0.4, 0.5) is 0 Å². The predicted molar refractivity (Wildman–Crippen MR) is 105 cm³/mol. The van der Waals surface area contributed by atoms with Crippen LogP contribution in [-0.4, -0.2) is 17.7 Å². The molecule has 0 aliphatic heterocycles. The summed E-state index contributed by atoms with van der Waals surface area (Å²) in [6.45, 7) is 5.04. The van der Waals surface area contributed by atoms with Crippen molar-refractivity contribution in [1.29, 1.82) is 0 Å². The van der Waals surface area contributed by atoms with Gasteiger partial charge in [-0.1, -0.05) is 60.7 Å². The summed E-state index contributed by atoms with van der Waals surface area (Å²) in [5, 5.41) is 3.50. The topological polar surface area (TPSA) is 41.5 Å². The maximum absolute atomic E-state index is 11.7. The molecule has 3 nitrogen and oxygen atoms in total. The Labute approximate surface area is 154 Å². The molecule has 1 N–H and O–H groups in total. The molecule has 1 saturated carbocycles. The third-order valence-corrected chi connectivity index (χ3v) is 5.67. The van der Waals surface area contributed by atoms with Crippen LogP contribution in [0.15, 0.2) is 27.7 Å². The molecule has 0 spiro atoms. The van der Waals surface area contributed by atoms with Crippen molar-refractivity contribution in [2.75, 3.05) is 0 Å². The van der Waals surface area contributed by atoms with E-state index in [2.05, 4.69) is 53.3 Å². The first-order chi connectivity index (χ1) is 11.6. The van der Waals surface area contributed by atoms with Gasteiger partial charge in [0.05, 0.1) is 5.84 Å². The van der Waals surface area contributed by atoms with E-state index >= 15 is 0 Å². The summed E-state index contributed by atoms with van der Waals surface area (Å²) in [5.41, 5.74) is 1.99. The minimum atomic E-state index is -0.482. The Hall–Kier alpha value is -1.16. The van der Waals surface area contributed by atoms with Crippen LogP contribution in [0.25, 0.3) is 0 Å². The highest BCUT2D eigenvalue weighted by molar-refractivity contribution is 9.10. The van der Waals surface area contributed by atoms with Gasteiger partial charge in [-0.2, -0.15) is 0 Å². The summed E-state index contributed by atoms with van der Waals surface area (Å²) in [5.74, 6) is 0.992. The van der Waals surface area contributed by atoms with E-state index in [1.807, 2.05) is 0 Å². The molecule has 0 heterocycles. The summed E-state index contributed by atoms with van der Waals surface area (Å²) >= 11 is 3.54. The lowest BCUT2D eigenvalue weighted by atomic mass is 9.83. The molecule has 0 aromatic heterocycles. The number of aldehydes is 1. The number of aliphatic imine (C=N–C) groups is 1. The SMILES string of the molecule is CCCC/C(=N/C1(C=O)CCCCC1)NCc1ccc(Br)c(C)c1. The highest BCUT2D eigenvalue weighted by Gasteiger charge is 2.31. The number of benzene rings is 1. The predicted octanol–water partition coefficient (Wildman–Crippen LogP) is 5.34. The average Bonchev–Trinajstić information content (AvgIpc) is 2.61. The maximum atomic E-state index is 11.7. The number of hydrogen-bond acceptors (Lipinski definition) is 2. The first-order valence-electron chi connectivity index (χ1n) is 9.12. The second kappa shape index (κ2) is 9.36. The molecule has 132 valence electrons. The molecule has 0 radical (unpaired) electrons. The number of aryl methyl sites for hydroxylation is 1. The number of rotatable bonds is 7. The van der Waals surface area contributed by atoms with E-state index in [4.69, 9.17) is 4.99 Å². The van der Waals surface area contributed by atoms with Crippen molar-refractivity contribution in [3.05, 3.63) is 33.8 Å².